The molecule has 13 rings (SSSR count). The Morgan fingerprint density at radius 1 is 0.783 bits per heavy atom. The second kappa shape index (κ2) is 25.4. The van der Waals surface area contributed by atoms with Crippen molar-refractivity contribution in [3.8, 4) is 10.6 Å². The number of benzene rings is 3. The van der Waals surface area contributed by atoms with Crippen molar-refractivity contribution in [2.75, 3.05) is 20.3 Å². The number of ketones is 3. The molecule has 6 unspecified atom stereocenters. The number of methoxy groups -OCH3 is 1. The van der Waals surface area contributed by atoms with Crippen LogP contribution in [-0.4, -0.2) is 96.9 Å². The predicted octanol–water partition coefficient (Wildman–Crippen LogP) is 14.7. The Morgan fingerprint density at radius 3 is 2.02 bits per heavy atom. The van der Waals surface area contributed by atoms with E-state index in [4.69, 9.17) is 23.5 Å². The van der Waals surface area contributed by atoms with Crippen molar-refractivity contribution in [3.05, 3.63) is 95.6 Å². The molecule has 15 nitrogen and oxygen atoms in total. The summed E-state index contributed by atoms with van der Waals surface area (Å²) in [6.07, 6.45) is 13.6. The van der Waals surface area contributed by atoms with Crippen LogP contribution < -0.4 is 4.74 Å². The Morgan fingerprint density at radius 2 is 1.41 bits per heavy atom. The summed E-state index contributed by atoms with van der Waals surface area (Å²) in [5, 5.41) is -3.35. The van der Waals surface area contributed by atoms with Gasteiger partial charge in [-0.1, -0.05) is 56.7 Å². The summed E-state index contributed by atoms with van der Waals surface area (Å²) in [6.45, 7) is 8.06. The molecule has 21 heteroatoms. The van der Waals surface area contributed by atoms with Crippen molar-refractivity contribution in [3.63, 3.8) is 0 Å². The van der Waals surface area contributed by atoms with Crippen LogP contribution in [0.15, 0.2) is 90.0 Å². The molecule has 7 atom stereocenters. The van der Waals surface area contributed by atoms with E-state index in [1.54, 1.807) is 27.0 Å². The lowest BCUT2D eigenvalue weighted by Gasteiger charge is -2.59. The van der Waals surface area contributed by atoms with Gasteiger partial charge in [-0.2, -0.15) is 26.0 Å². The van der Waals surface area contributed by atoms with Gasteiger partial charge in [0.15, 0.2) is 26.7 Å². The van der Waals surface area contributed by atoms with Crippen molar-refractivity contribution in [1.82, 2.24) is 0 Å². The lowest BCUT2D eigenvalue weighted by molar-refractivity contribution is -0.207. The number of fused-ring (bicyclic) bond motifs is 8. The summed E-state index contributed by atoms with van der Waals surface area (Å²) in [7, 11) is -5.25. The van der Waals surface area contributed by atoms with Gasteiger partial charge in [-0.05, 0) is 186 Å². The number of esters is 4. The minimum Gasteiger partial charge on any atom is -0.496 e. The summed E-state index contributed by atoms with van der Waals surface area (Å²) in [4.78, 5) is 93.7. The predicted molar refractivity (Wildman–Crippen MR) is 336 cm³/mol. The van der Waals surface area contributed by atoms with Gasteiger partial charge in [0.25, 0.3) is 0 Å². The number of halogens is 4. The summed E-state index contributed by atoms with van der Waals surface area (Å²) < 4.78 is 114. The average molecular weight is 1320 g/mol. The second-order valence-corrected chi connectivity index (χ2v) is 31.5. The third kappa shape index (κ3) is 12.2. The fraction of sp³-hybridized carbons (Fsp3) is 0.592. The molecule has 9 aliphatic carbocycles. The smallest absolute Gasteiger partial charge is 0.431 e. The Bertz CT molecular complexity index is 3710. The number of hydrogen-bond donors (Lipinski definition) is 1. The first-order valence-electron chi connectivity index (χ1n) is 32.6. The molecule has 7 saturated carbocycles. The van der Waals surface area contributed by atoms with Gasteiger partial charge in [0.05, 0.1) is 37.9 Å². The van der Waals surface area contributed by atoms with E-state index in [9.17, 15) is 59.5 Å². The number of rotatable bonds is 20. The Kier molecular flexibility index (Phi) is 18.6. The third-order valence-corrected chi connectivity index (χ3v) is 26.1. The molecule has 4 bridgehead atoms. The Labute approximate surface area is 536 Å². The molecule has 92 heavy (non-hydrogen) atoms. The number of hydrogen-bond acceptors (Lipinski definition) is 14. The SMILES string of the molecule is CCC1(OC(=O)CC(C(=O)OCC(=O)OC2(C)C3CC4CC(C3)CC2C4)c2cc(-[s+]3c4ccccc4c4ccccc43)ccc2OC)CCCC1.C[C@H](CCC(=O)OCCC(F)(F)C(F)(F)S(=O)(=O)O)C1=CCC2C3C(=O)CC4CC(=O)CCC4(C)C3=CC(=O)C12C. The van der Waals surface area contributed by atoms with Gasteiger partial charge < -0.3 is 23.7 Å². The van der Waals surface area contributed by atoms with E-state index in [1.807, 2.05) is 38.1 Å². The molecular formula is C71H83F4O15S2+. The van der Waals surface area contributed by atoms with Gasteiger partial charge in [-0.15, -0.1) is 0 Å². The van der Waals surface area contributed by atoms with Crippen LogP contribution in [0.4, 0.5) is 17.6 Å². The lowest BCUT2D eigenvalue weighted by atomic mass is 9.48. The zero-order valence-corrected chi connectivity index (χ0v) is 54.7. The molecule has 0 saturated heterocycles. The summed E-state index contributed by atoms with van der Waals surface area (Å²) >= 11 is 0. The van der Waals surface area contributed by atoms with E-state index in [-0.39, 0.29) is 60.8 Å². The number of carbonyl (C=O) groups is 7. The number of allylic oxidation sites excluding steroid dienone is 4. The lowest BCUT2D eigenvalue weighted by Crippen LogP contribution is -2.58. The first kappa shape index (κ1) is 67.1. The van der Waals surface area contributed by atoms with Crippen molar-refractivity contribution in [2.24, 2.45) is 58.2 Å². The van der Waals surface area contributed by atoms with Crippen LogP contribution >= 0.6 is 10.5 Å². The first-order chi connectivity index (χ1) is 43.5. The van der Waals surface area contributed by atoms with E-state index in [2.05, 4.69) is 60.2 Å². The maximum atomic E-state index is 14.2. The van der Waals surface area contributed by atoms with Crippen LogP contribution in [0.5, 0.6) is 5.75 Å². The molecule has 0 amide bonds. The highest BCUT2D eigenvalue weighted by Crippen LogP contribution is 2.64. The third-order valence-electron chi connectivity index (χ3n) is 22.8. The summed E-state index contributed by atoms with van der Waals surface area (Å²) in [5.41, 5.74) is -0.288. The van der Waals surface area contributed by atoms with Gasteiger partial charge in [0.1, 0.15) is 28.5 Å². The molecule has 496 valence electrons. The molecule has 4 aromatic rings. The molecular weight excluding hydrogens is 1230 g/mol. The number of carbonyl (C=O) groups excluding carboxylic acids is 7. The Balaban J connectivity index is 0.000000194. The van der Waals surface area contributed by atoms with Crippen LogP contribution in [0.3, 0.4) is 0 Å². The van der Waals surface area contributed by atoms with Crippen molar-refractivity contribution in [1.29, 1.82) is 0 Å². The topological polar surface area (TPSA) is 220 Å². The van der Waals surface area contributed by atoms with E-state index in [1.165, 1.54) is 26.6 Å². The molecule has 3 aromatic carbocycles. The monoisotopic (exact) mass is 1320 g/mol. The minimum absolute atomic E-state index is 0.0272. The van der Waals surface area contributed by atoms with Gasteiger partial charge >= 0.3 is 45.2 Å². The average Bonchev–Trinajstić information content (AvgIpc) is 1.33. The molecule has 1 N–H and O–H groups in total. The van der Waals surface area contributed by atoms with Crippen molar-refractivity contribution in [2.45, 2.75) is 185 Å². The zero-order valence-electron chi connectivity index (χ0n) is 53.0. The van der Waals surface area contributed by atoms with Crippen LogP contribution in [0, 0.1) is 58.2 Å². The highest BCUT2D eigenvalue weighted by molar-refractivity contribution is 7.87. The molecule has 0 aliphatic heterocycles. The van der Waals surface area contributed by atoms with Crippen LogP contribution in [0.2, 0.25) is 0 Å². The normalized spacial score (nSPS) is 29.4. The van der Waals surface area contributed by atoms with Crippen LogP contribution in [-0.2, 0) is 62.6 Å². The fourth-order valence-electron chi connectivity index (χ4n) is 17.7. The second-order valence-electron chi connectivity index (χ2n) is 28.0. The standard InChI is InChI=1S/C43H49O7S.C28H34F4O8S/c1-4-43(17-9-10-18-43)50-39(44)25-35(41(46)48-26-40(45)49-42(2)29-20-27-19-28(22-29)23-30(42)21-27)34-24-31(15-16-36(34)47-3)51-37-13-7-5-11-32(37)33-12-6-8-14-38(33)51;1-15(4-7-23(36)40-11-10-27(29,30)28(31,32)41(37,38)39)18-5-6-19-24-20(14-22(35)26(18,19)3)25(2)9-8-17(33)12-16(25)13-21(24)34/h5-8,11-16,24,27-30,35H,4,9-10,17-23,25-26H2,1-3H3;5,14-16,19,24H,4,6-13H2,1-3H3,(H,37,38,39)/q+1;/t;15-,16?,19?,24?,25?,26?/m.1/s1. The molecule has 9 aliphatic rings. The number of alkyl halides is 4. The van der Waals surface area contributed by atoms with E-state index in [0.29, 0.717) is 48.8 Å². The number of ether oxygens (including phenoxy) is 5. The highest BCUT2D eigenvalue weighted by Gasteiger charge is 2.66. The maximum absolute atomic E-state index is 14.2. The van der Waals surface area contributed by atoms with Crippen LogP contribution in [0.1, 0.15) is 168 Å². The van der Waals surface area contributed by atoms with Crippen LogP contribution in [0.25, 0.3) is 25.1 Å². The van der Waals surface area contributed by atoms with Gasteiger partial charge in [0, 0.05) is 70.5 Å². The largest absolute Gasteiger partial charge is 0.496 e. The first-order valence-corrected chi connectivity index (χ1v) is 35.2. The highest BCUT2D eigenvalue weighted by atomic mass is 32.2. The van der Waals surface area contributed by atoms with Gasteiger partial charge in [0.2, 0.25) is 0 Å². The fourth-order valence-corrected chi connectivity index (χ4v) is 20.6. The molecule has 1 aromatic heterocycles. The van der Waals surface area contributed by atoms with Gasteiger partial charge in [-0.25, -0.2) is 4.79 Å². The maximum Gasteiger partial charge on any atom is 0.431 e. The van der Waals surface area contributed by atoms with E-state index >= 15 is 0 Å². The number of thiophene rings is 1. The van der Waals surface area contributed by atoms with E-state index in [0.717, 1.165) is 85.7 Å². The van der Waals surface area contributed by atoms with Crippen molar-refractivity contribution >= 4 is 82.0 Å². The molecule has 0 radical (unpaired) electrons. The number of Topliss-reactive ketones (excluding diaryl/α,β-unsaturated/α-hetero) is 2. The summed E-state index contributed by atoms with van der Waals surface area (Å²) in [6, 6.07) is 22.7. The molecule has 0 spiro atoms. The summed E-state index contributed by atoms with van der Waals surface area (Å²) in [5.74, 6) is -7.32. The zero-order chi connectivity index (χ0) is 66.1. The minimum atomic E-state index is -6.38. The molecule has 7 fully saturated rings. The van der Waals surface area contributed by atoms with E-state index < -0.39 is 109 Å². The molecule has 1 heterocycles. The Hall–Kier alpha value is -6.32. The van der Waals surface area contributed by atoms with Gasteiger partial charge in [-0.3, -0.25) is 33.3 Å². The quantitative estimate of drug-likeness (QED) is 0.0217. The van der Waals surface area contributed by atoms with Crippen molar-refractivity contribution < 1.29 is 87.8 Å².